The Morgan fingerprint density at radius 1 is 1.20 bits per heavy atom. The zero-order valence-electron chi connectivity index (χ0n) is 12.3. The highest BCUT2D eigenvalue weighted by Crippen LogP contribution is 2.71. The lowest BCUT2D eigenvalue weighted by Gasteiger charge is -2.53. The fourth-order valence-electron chi connectivity index (χ4n) is 6.90. The van der Waals surface area contributed by atoms with Crippen LogP contribution in [-0.4, -0.2) is 5.11 Å². The maximum Gasteiger partial charge on any atom is 0.115 e. The minimum atomic E-state index is 0.432. The number of fused-ring (bicyclic) bond motifs is 2. The predicted octanol–water partition coefficient (Wildman–Crippen LogP) is 4.28. The van der Waals surface area contributed by atoms with Crippen LogP contribution in [0.5, 0.6) is 5.75 Å². The number of phenolic OH excluding ortho intramolecular Hbond substituents is 1. The van der Waals surface area contributed by atoms with Crippen molar-refractivity contribution in [2.24, 2.45) is 29.6 Å². The third kappa shape index (κ3) is 1.17. The van der Waals surface area contributed by atoms with Crippen molar-refractivity contribution in [3.63, 3.8) is 0 Å². The van der Waals surface area contributed by atoms with E-state index in [0.29, 0.717) is 11.2 Å². The Hall–Kier alpha value is -0.980. The Labute approximate surface area is 121 Å². The molecule has 4 aliphatic rings. The molecule has 2 unspecified atom stereocenters. The summed E-state index contributed by atoms with van der Waals surface area (Å²) in [4.78, 5) is 0. The fraction of sp³-hybridized carbons (Fsp3) is 0.684. The molecule has 2 bridgehead atoms. The third-order valence-corrected chi connectivity index (χ3v) is 7.57. The van der Waals surface area contributed by atoms with E-state index in [0.717, 1.165) is 29.6 Å². The van der Waals surface area contributed by atoms with Gasteiger partial charge >= 0.3 is 0 Å². The van der Waals surface area contributed by atoms with Gasteiger partial charge in [0.2, 0.25) is 0 Å². The molecule has 5 rings (SSSR count). The molecule has 106 valence electrons. The summed E-state index contributed by atoms with van der Waals surface area (Å²) in [6.07, 6.45) is 8.33. The molecule has 1 aromatic carbocycles. The fourth-order valence-corrected chi connectivity index (χ4v) is 6.90. The molecule has 0 aliphatic heterocycles. The molecule has 20 heavy (non-hydrogen) atoms. The average molecular weight is 268 g/mol. The lowest BCUT2D eigenvalue weighted by molar-refractivity contribution is -0.0193. The molecule has 1 heteroatoms. The van der Waals surface area contributed by atoms with E-state index in [1.165, 1.54) is 38.5 Å². The topological polar surface area (TPSA) is 20.2 Å². The van der Waals surface area contributed by atoms with E-state index in [4.69, 9.17) is 0 Å². The molecular formula is C19H24O. The van der Waals surface area contributed by atoms with Gasteiger partial charge in [0.25, 0.3) is 0 Å². The molecule has 1 nitrogen and oxygen atoms in total. The van der Waals surface area contributed by atoms with Crippen molar-refractivity contribution in [3.8, 4) is 5.75 Å². The van der Waals surface area contributed by atoms with Gasteiger partial charge in [0.05, 0.1) is 0 Å². The number of aromatic hydroxyl groups is 1. The van der Waals surface area contributed by atoms with Crippen molar-refractivity contribution in [1.29, 1.82) is 0 Å². The van der Waals surface area contributed by atoms with E-state index >= 15 is 0 Å². The summed E-state index contributed by atoms with van der Waals surface area (Å²) in [7, 11) is 0. The lowest BCUT2D eigenvalue weighted by atomic mass is 9.52. The van der Waals surface area contributed by atoms with Crippen molar-refractivity contribution >= 4 is 0 Å². The van der Waals surface area contributed by atoms with E-state index < -0.39 is 0 Å². The largest absolute Gasteiger partial charge is 0.508 e. The van der Waals surface area contributed by atoms with Crippen LogP contribution in [0, 0.1) is 29.6 Å². The Bertz CT molecular complexity index is 577. The first-order valence-corrected chi connectivity index (χ1v) is 8.53. The normalized spacial score (nSPS) is 48.0. The SMILES string of the molecule is CC1C2Cc3ccc(O)cc3[C@]34CCCC[C@@H]3[C@@H]1[C@@H]2C4. The number of phenols is 1. The summed E-state index contributed by atoms with van der Waals surface area (Å²) >= 11 is 0. The van der Waals surface area contributed by atoms with Crippen LogP contribution in [0.2, 0.25) is 0 Å². The maximum atomic E-state index is 10.0. The molecule has 0 amide bonds. The lowest BCUT2D eigenvalue weighted by Crippen LogP contribution is -2.48. The second kappa shape index (κ2) is 3.61. The smallest absolute Gasteiger partial charge is 0.115 e. The van der Waals surface area contributed by atoms with Crippen molar-refractivity contribution in [3.05, 3.63) is 29.3 Å². The van der Waals surface area contributed by atoms with Crippen LogP contribution < -0.4 is 0 Å². The monoisotopic (exact) mass is 268 g/mol. The number of hydrogen-bond acceptors (Lipinski definition) is 1. The molecular weight excluding hydrogens is 244 g/mol. The van der Waals surface area contributed by atoms with E-state index in [1.807, 2.05) is 6.07 Å². The van der Waals surface area contributed by atoms with Crippen LogP contribution in [0.1, 0.15) is 50.2 Å². The minimum absolute atomic E-state index is 0.432. The molecule has 1 aromatic rings. The van der Waals surface area contributed by atoms with Gasteiger partial charge in [0, 0.05) is 0 Å². The summed E-state index contributed by atoms with van der Waals surface area (Å²) in [5.74, 6) is 5.24. The van der Waals surface area contributed by atoms with Gasteiger partial charge in [-0.15, -0.1) is 0 Å². The van der Waals surface area contributed by atoms with Gasteiger partial charge in [-0.1, -0.05) is 25.8 Å². The Balaban J connectivity index is 1.75. The predicted molar refractivity (Wildman–Crippen MR) is 79.7 cm³/mol. The molecule has 0 saturated heterocycles. The van der Waals surface area contributed by atoms with E-state index in [1.54, 1.807) is 11.1 Å². The standard InChI is InChI=1S/C19H24O/c1-11-14-8-12-5-6-13(20)9-17(12)19-7-3-2-4-16(19)18(11)15(14)10-19/h5-6,9,11,14-16,18,20H,2-4,7-8,10H2,1H3/t11?,14?,15-,16-,18+,19+/m1/s1. The first-order chi connectivity index (χ1) is 9.71. The molecule has 3 fully saturated rings. The minimum Gasteiger partial charge on any atom is -0.508 e. The molecule has 6 atom stereocenters. The number of rotatable bonds is 0. The first kappa shape index (κ1) is 11.7. The van der Waals surface area contributed by atoms with Crippen LogP contribution in [0.3, 0.4) is 0 Å². The highest BCUT2D eigenvalue weighted by Gasteiger charge is 2.65. The number of hydrogen-bond donors (Lipinski definition) is 1. The van der Waals surface area contributed by atoms with Crippen molar-refractivity contribution in [2.45, 2.75) is 50.9 Å². The highest BCUT2D eigenvalue weighted by atomic mass is 16.3. The molecule has 1 spiro atoms. The van der Waals surface area contributed by atoms with Crippen molar-refractivity contribution in [1.82, 2.24) is 0 Å². The molecule has 0 aromatic heterocycles. The Kier molecular flexibility index (Phi) is 2.10. The van der Waals surface area contributed by atoms with E-state index in [2.05, 4.69) is 19.1 Å². The zero-order chi connectivity index (χ0) is 13.5. The van der Waals surface area contributed by atoms with Gasteiger partial charge in [-0.25, -0.2) is 0 Å². The van der Waals surface area contributed by atoms with Gasteiger partial charge in [-0.05, 0) is 83.9 Å². The van der Waals surface area contributed by atoms with Crippen molar-refractivity contribution < 1.29 is 5.11 Å². The molecule has 0 radical (unpaired) electrons. The summed E-state index contributed by atoms with van der Waals surface area (Å²) in [5, 5.41) is 10.0. The van der Waals surface area contributed by atoms with Crippen LogP contribution in [-0.2, 0) is 11.8 Å². The molecule has 4 aliphatic carbocycles. The summed E-state index contributed by atoms with van der Waals surface area (Å²) in [5.41, 5.74) is 3.54. The van der Waals surface area contributed by atoms with Crippen LogP contribution >= 0.6 is 0 Å². The van der Waals surface area contributed by atoms with E-state index in [-0.39, 0.29) is 0 Å². The Morgan fingerprint density at radius 2 is 2.10 bits per heavy atom. The molecule has 1 N–H and O–H groups in total. The van der Waals surface area contributed by atoms with Crippen LogP contribution in [0.15, 0.2) is 18.2 Å². The molecule has 0 heterocycles. The Morgan fingerprint density at radius 3 is 3.00 bits per heavy atom. The quantitative estimate of drug-likeness (QED) is 0.744. The van der Waals surface area contributed by atoms with Crippen LogP contribution in [0.25, 0.3) is 0 Å². The summed E-state index contributed by atoms with van der Waals surface area (Å²) in [6.45, 7) is 2.52. The highest BCUT2D eigenvalue weighted by molar-refractivity contribution is 5.45. The summed E-state index contributed by atoms with van der Waals surface area (Å²) in [6, 6.07) is 6.27. The average Bonchev–Trinajstić information content (AvgIpc) is 2.71. The number of benzene rings is 1. The first-order valence-electron chi connectivity index (χ1n) is 8.53. The van der Waals surface area contributed by atoms with Crippen LogP contribution in [0.4, 0.5) is 0 Å². The van der Waals surface area contributed by atoms with Crippen molar-refractivity contribution in [2.75, 3.05) is 0 Å². The van der Waals surface area contributed by atoms with Gasteiger partial charge in [0.15, 0.2) is 0 Å². The van der Waals surface area contributed by atoms with Gasteiger partial charge in [-0.3, -0.25) is 0 Å². The molecule has 3 saturated carbocycles. The van der Waals surface area contributed by atoms with Gasteiger partial charge in [-0.2, -0.15) is 0 Å². The second-order valence-corrected chi connectivity index (χ2v) is 8.02. The zero-order valence-corrected chi connectivity index (χ0v) is 12.3. The second-order valence-electron chi connectivity index (χ2n) is 8.02. The van der Waals surface area contributed by atoms with Gasteiger partial charge in [0.1, 0.15) is 5.75 Å². The third-order valence-electron chi connectivity index (χ3n) is 7.57. The summed E-state index contributed by atoms with van der Waals surface area (Å²) < 4.78 is 0. The maximum absolute atomic E-state index is 10.0. The van der Waals surface area contributed by atoms with E-state index in [9.17, 15) is 5.11 Å². The van der Waals surface area contributed by atoms with Gasteiger partial charge < -0.3 is 5.11 Å².